The summed E-state index contributed by atoms with van der Waals surface area (Å²) in [5, 5.41) is 8.30. The lowest BCUT2D eigenvalue weighted by Crippen LogP contribution is -2.21. The molecule has 2 heterocycles. The van der Waals surface area contributed by atoms with E-state index in [1.165, 1.54) is 6.26 Å². The number of pyridine rings is 1. The highest BCUT2D eigenvalue weighted by Crippen LogP contribution is 2.33. The van der Waals surface area contributed by atoms with Crippen molar-refractivity contribution in [1.82, 2.24) is 15.3 Å². The van der Waals surface area contributed by atoms with Crippen LogP contribution in [0.2, 0.25) is 0 Å². The van der Waals surface area contributed by atoms with Gasteiger partial charge < -0.3 is 10.6 Å². The maximum atomic E-state index is 12.9. The Balaban J connectivity index is 1.34. The Morgan fingerprint density at radius 3 is 2.33 bits per heavy atom. The van der Waals surface area contributed by atoms with E-state index in [-0.39, 0.29) is 15.5 Å². The van der Waals surface area contributed by atoms with Gasteiger partial charge >= 0.3 is 0 Å². The normalized spacial score (nSPS) is 12.0. The largest absolute Gasteiger partial charge is 0.355 e. The molecule has 0 aliphatic rings. The lowest BCUT2D eigenvalue weighted by Gasteiger charge is -2.11. The number of nitrogens with zero attached hydrogens (tertiary/aromatic N) is 2. The number of hydrogen-bond donors (Lipinski definition) is 2. The molecule has 0 amide bonds. The number of aromatic nitrogens is 2. The molecule has 0 fully saturated rings. The highest BCUT2D eigenvalue weighted by atomic mass is 32.2. The molecule has 8 nitrogen and oxygen atoms in total. The van der Waals surface area contributed by atoms with Crippen molar-refractivity contribution in [3.05, 3.63) is 96.3 Å². The first-order chi connectivity index (χ1) is 18.7. The van der Waals surface area contributed by atoms with Gasteiger partial charge in [-0.25, -0.2) is 21.8 Å². The average molecular weight is 579 g/mol. The molecule has 3 aromatic carbocycles. The van der Waals surface area contributed by atoms with Crippen LogP contribution >= 0.6 is 11.3 Å². The van der Waals surface area contributed by atoms with Gasteiger partial charge in [-0.3, -0.25) is 4.98 Å². The minimum absolute atomic E-state index is 0.0875. The molecule has 200 valence electrons. The maximum absolute atomic E-state index is 12.9. The number of anilines is 2. The van der Waals surface area contributed by atoms with Crippen LogP contribution in [0.15, 0.2) is 101 Å². The van der Waals surface area contributed by atoms with E-state index in [0.29, 0.717) is 13.1 Å². The smallest absolute Gasteiger partial charge is 0.206 e. The number of benzene rings is 3. The average Bonchev–Trinajstić information content (AvgIpc) is 3.40. The second-order valence-corrected chi connectivity index (χ2v) is 14.3. The summed E-state index contributed by atoms with van der Waals surface area (Å²) in [5.41, 5.74) is 3.40. The van der Waals surface area contributed by atoms with E-state index in [4.69, 9.17) is 0 Å². The molecule has 11 heteroatoms. The lowest BCUT2D eigenvalue weighted by molar-refractivity contribution is 0.594. The second-order valence-electron chi connectivity index (χ2n) is 8.98. The highest BCUT2D eigenvalue weighted by molar-refractivity contribution is 7.91. The molecule has 0 aliphatic heterocycles. The van der Waals surface area contributed by atoms with Crippen molar-refractivity contribution in [2.75, 3.05) is 23.9 Å². The summed E-state index contributed by atoms with van der Waals surface area (Å²) in [6.07, 6.45) is 4.76. The monoisotopic (exact) mass is 578 g/mol. The molecule has 0 aliphatic carbocycles. The molecule has 39 heavy (non-hydrogen) atoms. The predicted octanol–water partition coefficient (Wildman–Crippen LogP) is 5.07. The second kappa shape index (κ2) is 11.2. The third-order valence-electron chi connectivity index (χ3n) is 6.00. The van der Waals surface area contributed by atoms with Gasteiger partial charge in [0, 0.05) is 48.5 Å². The Bertz CT molecular complexity index is 1820. The first-order valence-corrected chi connectivity index (χ1v) is 16.4. The first kappa shape index (κ1) is 26.9. The molecule has 0 unspecified atom stereocenters. The molecule has 2 N–H and O–H groups in total. The van der Waals surface area contributed by atoms with Crippen LogP contribution in [0.4, 0.5) is 11.4 Å². The van der Waals surface area contributed by atoms with Crippen molar-refractivity contribution in [3.63, 3.8) is 0 Å². The number of hydrogen-bond acceptors (Lipinski definition) is 9. The molecule has 0 saturated heterocycles. The van der Waals surface area contributed by atoms with Crippen LogP contribution in [0.1, 0.15) is 5.01 Å². The highest BCUT2D eigenvalue weighted by Gasteiger charge is 2.17. The van der Waals surface area contributed by atoms with Gasteiger partial charge in [0.15, 0.2) is 0 Å². The number of rotatable bonds is 10. The van der Waals surface area contributed by atoms with Crippen LogP contribution in [0.3, 0.4) is 0 Å². The van der Waals surface area contributed by atoms with Crippen LogP contribution in [-0.4, -0.2) is 45.4 Å². The maximum Gasteiger partial charge on any atom is 0.206 e. The van der Waals surface area contributed by atoms with Crippen molar-refractivity contribution in [2.24, 2.45) is 0 Å². The molecule has 0 bridgehead atoms. The summed E-state index contributed by atoms with van der Waals surface area (Å²) in [6.45, 7) is 0.877. The van der Waals surface area contributed by atoms with Crippen molar-refractivity contribution >= 4 is 53.3 Å². The zero-order valence-corrected chi connectivity index (χ0v) is 23.5. The molecule has 5 rings (SSSR count). The zero-order valence-electron chi connectivity index (χ0n) is 21.0. The number of nitrogens with one attached hydrogen (secondary N) is 2. The molecule has 0 saturated carbocycles. The summed E-state index contributed by atoms with van der Waals surface area (Å²) in [6, 6.07) is 22.9. The van der Waals surface area contributed by atoms with Crippen molar-refractivity contribution in [2.45, 2.75) is 16.3 Å². The van der Waals surface area contributed by atoms with Crippen LogP contribution in [0, 0.1) is 0 Å². The SMILES string of the molecule is CS(=O)(=O)CCNCc1ncc(-c2ccc3nccc(Nc4ccc(S(=O)(=O)c5ccccc5)cc4)c3c2)s1. The number of fused-ring (bicyclic) bond motifs is 1. The molecular weight excluding hydrogens is 553 g/mol. The summed E-state index contributed by atoms with van der Waals surface area (Å²) in [4.78, 5) is 10.4. The van der Waals surface area contributed by atoms with Crippen molar-refractivity contribution in [3.8, 4) is 10.4 Å². The predicted molar refractivity (Wildman–Crippen MR) is 156 cm³/mol. The third-order valence-corrected chi connectivity index (χ3v) is 9.78. The van der Waals surface area contributed by atoms with E-state index in [9.17, 15) is 16.8 Å². The molecule has 5 aromatic rings. The standard InChI is InChI=1S/C28H26N4O4S3/c1-38(33,34)16-15-29-19-28-31-18-27(37-28)20-7-12-25-24(17-20)26(13-14-30-25)32-21-8-10-23(11-9-21)39(35,36)22-5-3-2-4-6-22/h2-14,17-18,29H,15-16,19H2,1H3,(H,30,32). The summed E-state index contributed by atoms with van der Waals surface area (Å²) < 4.78 is 48.4. The van der Waals surface area contributed by atoms with Crippen LogP contribution < -0.4 is 10.6 Å². The Morgan fingerprint density at radius 1 is 0.846 bits per heavy atom. The Kier molecular flexibility index (Phi) is 7.76. The van der Waals surface area contributed by atoms with E-state index < -0.39 is 19.7 Å². The van der Waals surface area contributed by atoms with E-state index in [0.717, 1.165) is 37.7 Å². The molecule has 2 aromatic heterocycles. The van der Waals surface area contributed by atoms with Gasteiger partial charge in [0.05, 0.1) is 25.9 Å². The van der Waals surface area contributed by atoms with Gasteiger partial charge in [0.2, 0.25) is 9.84 Å². The van der Waals surface area contributed by atoms with Crippen LogP contribution in [-0.2, 0) is 26.2 Å². The third kappa shape index (κ3) is 6.51. The zero-order chi connectivity index (χ0) is 27.5. The van der Waals surface area contributed by atoms with Crippen LogP contribution in [0.5, 0.6) is 0 Å². The number of sulfone groups is 2. The summed E-state index contributed by atoms with van der Waals surface area (Å²) >= 11 is 1.54. The summed E-state index contributed by atoms with van der Waals surface area (Å²) in [5.74, 6) is 0.0875. The van der Waals surface area contributed by atoms with Gasteiger partial charge in [0.25, 0.3) is 0 Å². The number of thiazole rings is 1. The van der Waals surface area contributed by atoms with Gasteiger partial charge in [-0.15, -0.1) is 11.3 Å². The Morgan fingerprint density at radius 2 is 1.59 bits per heavy atom. The van der Waals surface area contributed by atoms with Gasteiger partial charge in [-0.1, -0.05) is 24.3 Å². The topological polar surface area (TPSA) is 118 Å². The van der Waals surface area contributed by atoms with E-state index in [2.05, 4.69) is 20.6 Å². The minimum Gasteiger partial charge on any atom is -0.355 e. The Labute approximate surface area is 231 Å². The quantitative estimate of drug-likeness (QED) is 0.221. The van der Waals surface area contributed by atoms with Gasteiger partial charge in [-0.05, 0) is 60.2 Å². The molecular formula is C28H26N4O4S3. The van der Waals surface area contributed by atoms with E-state index >= 15 is 0 Å². The van der Waals surface area contributed by atoms with Crippen molar-refractivity contribution in [1.29, 1.82) is 0 Å². The van der Waals surface area contributed by atoms with Gasteiger partial charge in [-0.2, -0.15) is 0 Å². The van der Waals surface area contributed by atoms with Crippen LogP contribution in [0.25, 0.3) is 21.3 Å². The molecule has 0 atom stereocenters. The first-order valence-electron chi connectivity index (χ1n) is 12.1. The van der Waals surface area contributed by atoms with E-state index in [1.807, 2.05) is 30.5 Å². The Hall–Kier alpha value is -3.64. The fourth-order valence-corrected chi connectivity index (χ4v) is 6.68. The summed E-state index contributed by atoms with van der Waals surface area (Å²) in [7, 11) is -6.59. The van der Waals surface area contributed by atoms with E-state index in [1.54, 1.807) is 72.1 Å². The fraction of sp³-hybridized carbons (Fsp3) is 0.143. The fourth-order valence-electron chi connectivity index (χ4n) is 4.00. The molecule has 0 radical (unpaired) electrons. The molecule has 0 spiro atoms. The minimum atomic E-state index is -3.59. The lowest BCUT2D eigenvalue weighted by atomic mass is 10.1. The van der Waals surface area contributed by atoms with Gasteiger partial charge in [0.1, 0.15) is 14.8 Å². The van der Waals surface area contributed by atoms with Crippen molar-refractivity contribution < 1.29 is 16.8 Å².